The molecular weight excluding hydrogens is 386 g/mol. The molecule has 0 aliphatic carbocycles. The SMILES string of the molecule is COC(=O)c1ccc(CSc2nnc(-c3ccccc3)n2Cc2ccco2)cc1. The summed E-state index contributed by atoms with van der Waals surface area (Å²) in [5.41, 5.74) is 2.62. The van der Waals surface area contributed by atoms with E-state index < -0.39 is 0 Å². The minimum absolute atomic E-state index is 0.338. The lowest BCUT2D eigenvalue weighted by molar-refractivity contribution is 0.0600. The van der Waals surface area contributed by atoms with Gasteiger partial charge in [0.05, 0.1) is 25.5 Å². The fourth-order valence-electron chi connectivity index (χ4n) is 2.90. The number of rotatable bonds is 7. The molecule has 0 aliphatic heterocycles. The van der Waals surface area contributed by atoms with Crippen LogP contribution in [0.4, 0.5) is 0 Å². The summed E-state index contributed by atoms with van der Waals surface area (Å²) < 4.78 is 12.3. The minimum atomic E-state index is -0.338. The molecule has 0 fully saturated rings. The molecule has 146 valence electrons. The Morgan fingerprint density at radius 1 is 1.03 bits per heavy atom. The van der Waals surface area contributed by atoms with Crippen LogP contribution in [0.2, 0.25) is 0 Å². The van der Waals surface area contributed by atoms with Crippen LogP contribution in [0, 0.1) is 0 Å². The van der Waals surface area contributed by atoms with Gasteiger partial charge in [0, 0.05) is 11.3 Å². The van der Waals surface area contributed by atoms with Gasteiger partial charge in [-0.25, -0.2) is 4.79 Å². The molecule has 0 amide bonds. The molecular formula is C22H19N3O3S. The predicted molar refractivity (Wildman–Crippen MR) is 111 cm³/mol. The van der Waals surface area contributed by atoms with Gasteiger partial charge in [0.25, 0.3) is 0 Å². The van der Waals surface area contributed by atoms with Gasteiger partial charge >= 0.3 is 5.97 Å². The monoisotopic (exact) mass is 405 g/mol. The lowest BCUT2D eigenvalue weighted by Crippen LogP contribution is -2.03. The van der Waals surface area contributed by atoms with Gasteiger partial charge in [-0.3, -0.25) is 4.57 Å². The van der Waals surface area contributed by atoms with Gasteiger partial charge in [0.15, 0.2) is 11.0 Å². The number of benzene rings is 2. The van der Waals surface area contributed by atoms with Crippen molar-refractivity contribution in [1.29, 1.82) is 0 Å². The van der Waals surface area contributed by atoms with Crippen molar-refractivity contribution in [1.82, 2.24) is 14.8 Å². The molecule has 0 aliphatic rings. The van der Waals surface area contributed by atoms with Crippen molar-refractivity contribution >= 4 is 17.7 Å². The van der Waals surface area contributed by atoms with Crippen LogP contribution in [0.5, 0.6) is 0 Å². The quantitative estimate of drug-likeness (QED) is 0.329. The zero-order valence-electron chi connectivity index (χ0n) is 15.8. The molecule has 29 heavy (non-hydrogen) atoms. The van der Waals surface area contributed by atoms with E-state index in [1.54, 1.807) is 30.2 Å². The van der Waals surface area contributed by atoms with Gasteiger partial charge in [-0.05, 0) is 29.8 Å². The topological polar surface area (TPSA) is 70.2 Å². The van der Waals surface area contributed by atoms with E-state index in [2.05, 4.69) is 14.8 Å². The Morgan fingerprint density at radius 2 is 1.83 bits per heavy atom. The Labute approximate surface area is 172 Å². The van der Waals surface area contributed by atoms with E-state index in [9.17, 15) is 4.79 Å². The second-order valence-corrected chi connectivity index (χ2v) is 7.26. The highest BCUT2D eigenvalue weighted by Gasteiger charge is 2.16. The fraction of sp³-hybridized carbons (Fsp3) is 0.136. The molecule has 2 heterocycles. The molecule has 0 N–H and O–H groups in total. The van der Waals surface area contributed by atoms with Gasteiger partial charge < -0.3 is 9.15 Å². The van der Waals surface area contributed by atoms with Crippen molar-refractivity contribution in [3.63, 3.8) is 0 Å². The van der Waals surface area contributed by atoms with Crippen molar-refractivity contribution in [2.75, 3.05) is 7.11 Å². The standard InChI is InChI=1S/C22H19N3O3S/c1-27-21(26)18-11-9-16(10-12-18)15-29-22-24-23-20(17-6-3-2-4-7-17)25(22)14-19-8-5-13-28-19/h2-13H,14-15H2,1H3. The Hall–Kier alpha value is -3.32. The maximum Gasteiger partial charge on any atom is 0.337 e. The molecule has 0 saturated carbocycles. The Bertz CT molecular complexity index is 1070. The van der Waals surface area contributed by atoms with Gasteiger partial charge in [0.1, 0.15) is 5.76 Å². The first-order valence-electron chi connectivity index (χ1n) is 9.05. The van der Waals surface area contributed by atoms with Crippen molar-refractivity contribution in [2.24, 2.45) is 0 Å². The number of nitrogens with zero attached hydrogens (tertiary/aromatic N) is 3. The van der Waals surface area contributed by atoms with Crippen LogP contribution in [-0.2, 0) is 17.0 Å². The highest BCUT2D eigenvalue weighted by Crippen LogP contribution is 2.27. The number of furan rings is 1. The summed E-state index contributed by atoms with van der Waals surface area (Å²) in [6.45, 7) is 0.549. The van der Waals surface area contributed by atoms with Crippen LogP contribution in [-0.4, -0.2) is 27.8 Å². The number of carbonyl (C=O) groups excluding carboxylic acids is 1. The summed E-state index contributed by atoms with van der Waals surface area (Å²) in [6.07, 6.45) is 1.66. The van der Waals surface area contributed by atoms with Crippen molar-refractivity contribution in [3.8, 4) is 11.4 Å². The molecule has 2 aromatic heterocycles. The van der Waals surface area contributed by atoms with E-state index in [-0.39, 0.29) is 5.97 Å². The van der Waals surface area contributed by atoms with Gasteiger partial charge in [-0.15, -0.1) is 10.2 Å². The second kappa shape index (κ2) is 8.79. The third-order valence-electron chi connectivity index (χ3n) is 4.39. The van der Waals surface area contributed by atoms with Crippen molar-refractivity contribution in [3.05, 3.63) is 89.9 Å². The molecule has 2 aromatic carbocycles. The number of aromatic nitrogens is 3. The third kappa shape index (κ3) is 4.41. The fourth-order valence-corrected chi connectivity index (χ4v) is 3.79. The summed E-state index contributed by atoms with van der Waals surface area (Å²) in [6, 6.07) is 21.2. The smallest absolute Gasteiger partial charge is 0.337 e. The zero-order chi connectivity index (χ0) is 20.1. The average Bonchev–Trinajstić information content (AvgIpc) is 3.43. The predicted octanol–water partition coefficient (Wildman–Crippen LogP) is 4.67. The Morgan fingerprint density at radius 3 is 2.52 bits per heavy atom. The molecule has 6 nitrogen and oxygen atoms in total. The number of hydrogen-bond donors (Lipinski definition) is 0. The molecule has 0 unspecified atom stereocenters. The lowest BCUT2D eigenvalue weighted by Gasteiger charge is -2.09. The minimum Gasteiger partial charge on any atom is -0.467 e. The molecule has 7 heteroatoms. The van der Waals surface area contributed by atoms with E-state index in [1.165, 1.54) is 7.11 Å². The number of ether oxygens (including phenoxy) is 1. The summed E-state index contributed by atoms with van der Waals surface area (Å²) >= 11 is 1.59. The summed E-state index contributed by atoms with van der Waals surface area (Å²) in [5, 5.41) is 9.63. The van der Waals surface area contributed by atoms with Crippen molar-refractivity contribution < 1.29 is 13.9 Å². The largest absolute Gasteiger partial charge is 0.467 e. The second-order valence-electron chi connectivity index (χ2n) is 6.31. The number of thioether (sulfide) groups is 1. The van der Waals surface area contributed by atoms with E-state index in [0.29, 0.717) is 17.9 Å². The van der Waals surface area contributed by atoms with Crippen LogP contribution in [0.1, 0.15) is 21.7 Å². The number of esters is 1. The highest BCUT2D eigenvalue weighted by atomic mass is 32.2. The van der Waals surface area contributed by atoms with E-state index in [1.807, 2.05) is 54.6 Å². The highest BCUT2D eigenvalue weighted by molar-refractivity contribution is 7.98. The lowest BCUT2D eigenvalue weighted by atomic mass is 10.1. The first-order valence-corrected chi connectivity index (χ1v) is 10.0. The van der Waals surface area contributed by atoms with Crippen LogP contribution in [0.25, 0.3) is 11.4 Å². The Kier molecular flexibility index (Phi) is 5.76. The van der Waals surface area contributed by atoms with Crippen LogP contribution in [0.15, 0.2) is 82.6 Å². The zero-order valence-corrected chi connectivity index (χ0v) is 16.6. The molecule has 0 atom stereocenters. The van der Waals surface area contributed by atoms with E-state index >= 15 is 0 Å². The van der Waals surface area contributed by atoms with Crippen LogP contribution >= 0.6 is 11.8 Å². The number of carbonyl (C=O) groups is 1. The summed E-state index contributed by atoms with van der Waals surface area (Å²) in [4.78, 5) is 11.6. The van der Waals surface area contributed by atoms with Gasteiger partial charge in [-0.1, -0.05) is 54.2 Å². The maximum atomic E-state index is 11.6. The summed E-state index contributed by atoms with van der Waals surface area (Å²) in [5.74, 6) is 2.00. The molecule has 0 saturated heterocycles. The van der Waals surface area contributed by atoms with Crippen LogP contribution in [0.3, 0.4) is 0 Å². The molecule has 0 bridgehead atoms. The molecule has 0 radical (unpaired) electrons. The Balaban J connectivity index is 1.56. The summed E-state index contributed by atoms with van der Waals surface area (Å²) in [7, 11) is 1.38. The van der Waals surface area contributed by atoms with Crippen LogP contribution < -0.4 is 0 Å². The molecule has 4 aromatic rings. The van der Waals surface area contributed by atoms with E-state index in [4.69, 9.17) is 9.15 Å². The molecule has 0 spiro atoms. The van der Waals surface area contributed by atoms with E-state index in [0.717, 1.165) is 27.9 Å². The van der Waals surface area contributed by atoms with Crippen molar-refractivity contribution in [2.45, 2.75) is 17.5 Å². The average molecular weight is 405 g/mol. The molecule has 4 rings (SSSR count). The first kappa shape index (κ1) is 19.0. The first-order chi connectivity index (χ1) is 14.2. The van der Waals surface area contributed by atoms with Gasteiger partial charge in [-0.2, -0.15) is 0 Å². The van der Waals surface area contributed by atoms with Gasteiger partial charge in [0.2, 0.25) is 0 Å². The maximum absolute atomic E-state index is 11.6. The normalized spacial score (nSPS) is 10.8. The number of hydrogen-bond acceptors (Lipinski definition) is 6. The number of methoxy groups -OCH3 is 1. The third-order valence-corrected chi connectivity index (χ3v) is 5.42.